The van der Waals surface area contributed by atoms with Gasteiger partial charge in [-0.2, -0.15) is 0 Å². The molecule has 0 heterocycles. The van der Waals surface area contributed by atoms with E-state index in [1.807, 2.05) is 0 Å². The second-order valence-corrected chi connectivity index (χ2v) is 20.3. The standard InChI is InChI=1S/C56H106O/c1-3-4-5-6-7-8-9-10-11-14-17-20-26-31-36-41-46-53-50-54(53)47-42-37-32-27-23-22-25-30-35-40-45-52(2)56-51-55(56)48-43-38-33-28-21-18-15-12-13-16-19-24-29-34-39-44-49-57/h35,40,49,52-56H,3-34,36-39,41-48,50-51H2,1-2H3/b40-35+/t52-,53-,54+,55-,56+/m0/s1. The summed E-state index contributed by atoms with van der Waals surface area (Å²) in [6.07, 6.45) is 72.2. The Kier molecular flexibility index (Phi) is 37.6. The number of rotatable bonds is 48. The highest BCUT2D eigenvalue weighted by molar-refractivity contribution is 5.48. The van der Waals surface area contributed by atoms with Crippen molar-refractivity contribution in [2.75, 3.05) is 0 Å². The second-order valence-electron chi connectivity index (χ2n) is 20.3. The minimum Gasteiger partial charge on any atom is -0.303 e. The largest absolute Gasteiger partial charge is 0.303 e. The van der Waals surface area contributed by atoms with Gasteiger partial charge in [0.1, 0.15) is 6.29 Å². The fourth-order valence-electron chi connectivity index (χ4n) is 10.4. The van der Waals surface area contributed by atoms with Crippen LogP contribution in [0.25, 0.3) is 0 Å². The molecule has 2 aliphatic carbocycles. The zero-order valence-electron chi connectivity index (χ0n) is 39.6. The van der Waals surface area contributed by atoms with Gasteiger partial charge in [0.05, 0.1) is 0 Å². The third-order valence-corrected chi connectivity index (χ3v) is 14.7. The van der Waals surface area contributed by atoms with Crippen molar-refractivity contribution in [2.24, 2.45) is 29.6 Å². The molecule has 0 saturated heterocycles. The SMILES string of the molecule is CCCCCCCCCCCCCCCCCC[C@H]1C[C@H]1CCCCCCCCC/C=C/C[C@H](C)[C@H]1C[C@@H]1CCCCCCCCCCCCCCCCCC=O. The van der Waals surface area contributed by atoms with Crippen molar-refractivity contribution in [2.45, 2.75) is 309 Å². The Hall–Kier alpha value is -0.590. The number of hydrogen-bond donors (Lipinski definition) is 0. The molecular weight excluding hydrogens is 689 g/mol. The van der Waals surface area contributed by atoms with E-state index in [0.29, 0.717) is 0 Å². The van der Waals surface area contributed by atoms with Gasteiger partial charge in [0.15, 0.2) is 0 Å². The third kappa shape index (κ3) is 34.8. The number of aldehydes is 1. The molecule has 2 fully saturated rings. The fourth-order valence-corrected chi connectivity index (χ4v) is 10.4. The van der Waals surface area contributed by atoms with Crippen LogP contribution in [0.1, 0.15) is 309 Å². The van der Waals surface area contributed by atoms with E-state index >= 15 is 0 Å². The molecule has 0 amide bonds. The van der Waals surface area contributed by atoms with Crippen LogP contribution in [0.3, 0.4) is 0 Å². The van der Waals surface area contributed by atoms with Crippen LogP contribution in [0, 0.1) is 29.6 Å². The van der Waals surface area contributed by atoms with Gasteiger partial charge in [-0.05, 0) is 68.1 Å². The van der Waals surface area contributed by atoms with E-state index in [9.17, 15) is 4.79 Å². The lowest BCUT2D eigenvalue weighted by molar-refractivity contribution is -0.107. The van der Waals surface area contributed by atoms with Gasteiger partial charge in [-0.25, -0.2) is 0 Å². The fraction of sp³-hybridized carbons (Fsp3) is 0.946. The summed E-state index contributed by atoms with van der Waals surface area (Å²) in [6, 6.07) is 0. The molecule has 0 radical (unpaired) electrons. The van der Waals surface area contributed by atoms with E-state index in [2.05, 4.69) is 26.0 Å². The molecule has 2 aliphatic rings. The van der Waals surface area contributed by atoms with Crippen LogP contribution in [-0.2, 0) is 4.79 Å². The Bertz CT molecular complexity index is 844. The molecule has 0 bridgehead atoms. The molecule has 2 saturated carbocycles. The highest BCUT2D eigenvalue weighted by Crippen LogP contribution is 2.48. The highest BCUT2D eigenvalue weighted by atomic mass is 16.1. The maximum absolute atomic E-state index is 10.3. The first kappa shape index (κ1) is 52.5. The number of carbonyl (C=O) groups excluding carboxylic acids is 1. The Morgan fingerprint density at radius 2 is 0.684 bits per heavy atom. The van der Waals surface area contributed by atoms with Crippen LogP contribution in [0.4, 0.5) is 0 Å². The van der Waals surface area contributed by atoms with Crippen LogP contribution >= 0.6 is 0 Å². The van der Waals surface area contributed by atoms with E-state index in [1.54, 1.807) is 19.3 Å². The summed E-state index contributed by atoms with van der Waals surface area (Å²) in [7, 11) is 0. The van der Waals surface area contributed by atoms with E-state index < -0.39 is 0 Å². The molecule has 0 aromatic rings. The molecule has 336 valence electrons. The van der Waals surface area contributed by atoms with Crippen molar-refractivity contribution < 1.29 is 4.79 Å². The summed E-state index contributed by atoms with van der Waals surface area (Å²) < 4.78 is 0. The molecule has 57 heavy (non-hydrogen) atoms. The first-order chi connectivity index (χ1) is 28.3. The topological polar surface area (TPSA) is 17.1 Å². The van der Waals surface area contributed by atoms with Crippen molar-refractivity contribution in [3.05, 3.63) is 12.2 Å². The summed E-state index contributed by atoms with van der Waals surface area (Å²) in [6.45, 7) is 4.84. The van der Waals surface area contributed by atoms with Gasteiger partial charge < -0.3 is 4.79 Å². The minimum absolute atomic E-state index is 0.762. The molecule has 0 aromatic carbocycles. The lowest BCUT2D eigenvalue weighted by Crippen LogP contribution is -1.98. The Morgan fingerprint density at radius 3 is 1.05 bits per heavy atom. The van der Waals surface area contributed by atoms with Crippen molar-refractivity contribution >= 4 is 6.29 Å². The van der Waals surface area contributed by atoms with E-state index in [4.69, 9.17) is 0 Å². The number of allylic oxidation sites excluding steroid dienone is 2. The van der Waals surface area contributed by atoms with Gasteiger partial charge >= 0.3 is 0 Å². The summed E-state index contributed by atoms with van der Waals surface area (Å²) >= 11 is 0. The van der Waals surface area contributed by atoms with Crippen LogP contribution < -0.4 is 0 Å². The number of carbonyl (C=O) groups is 1. The predicted molar refractivity (Wildman–Crippen MR) is 256 cm³/mol. The zero-order chi connectivity index (χ0) is 40.5. The molecule has 0 unspecified atom stereocenters. The Morgan fingerprint density at radius 1 is 0.368 bits per heavy atom. The van der Waals surface area contributed by atoms with Gasteiger partial charge in [-0.15, -0.1) is 0 Å². The third-order valence-electron chi connectivity index (χ3n) is 14.7. The van der Waals surface area contributed by atoms with E-state index in [-0.39, 0.29) is 0 Å². The smallest absolute Gasteiger partial charge is 0.119 e. The van der Waals surface area contributed by atoms with Gasteiger partial charge in [0, 0.05) is 6.42 Å². The first-order valence-electron chi connectivity index (χ1n) is 27.3. The summed E-state index contributed by atoms with van der Waals surface area (Å²) in [5.41, 5.74) is 0. The van der Waals surface area contributed by atoms with E-state index in [1.165, 1.54) is 263 Å². The van der Waals surface area contributed by atoms with Crippen molar-refractivity contribution in [3.8, 4) is 0 Å². The normalized spacial score (nSPS) is 19.5. The summed E-state index contributed by atoms with van der Waals surface area (Å²) in [5.74, 6) is 5.23. The molecule has 0 N–H and O–H groups in total. The first-order valence-corrected chi connectivity index (χ1v) is 27.3. The predicted octanol–water partition coefficient (Wildman–Crippen LogP) is 19.8. The van der Waals surface area contributed by atoms with Crippen LogP contribution in [0.15, 0.2) is 12.2 Å². The van der Waals surface area contributed by atoms with Crippen molar-refractivity contribution in [1.82, 2.24) is 0 Å². The second kappa shape index (κ2) is 40.8. The lowest BCUT2D eigenvalue weighted by Gasteiger charge is -2.08. The molecule has 2 rings (SSSR count). The summed E-state index contributed by atoms with van der Waals surface area (Å²) in [5, 5.41) is 0. The molecule has 1 nitrogen and oxygen atoms in total. The van der Waals surface area contributed by atoms with Gasteiger partial charge in [0.25, 0.3) is 0 Å². The molecular formula is C56H106O. The van der Waals surface area contributed by atoms with Crippen molar-refractivity contribution in [1.29, 1.82) is 0 Å². The minimum atomic E-state index is 0.762. The van der Waals surface area contributed by atoms with Crippen LogP contribution in [0.2, 0.25) is 0 Å². The number of unbranched alkanes of at least 4 members (excludes halogenated alkanes) is 37. The molecule has 5 atom stereocenters. The molecule has 0 spiro atoms. The van der Waals surface area contributed by atoms with Gasteiger partial charge in [0.2, 0.25) is 0 Å². The highest BCUT2D eigenvalue weighted by Gasteiger charge is 2.39. The number of hydrogen-bond acceptors (Lipinski definition) is 1. The average Bonchev–Trinajstić information content (AvgIpc) is 4.16. The maximum atomic E-state index is 10.3. The lowest BCUT2D eigenvalue weighted by atomic mass is 9.98. The molecule has 1 heteroatoms. The Balaban J connectivity index is 1.20. The van der Waals surface area contributed by atoms with Crippen molar-refractivity contribution in [3.63, 3.8) is 0 Å². The molecule has 0 aliphatic heterocycles. The zero-order valence-corrected chi connectivity index (χ0v) is 39.6. The molecule has 0 aromatic heterocycles. The Labute approximate surface area is 360 Å². The maximum Gasteiger partial charge on any atom is 0.119 e. The van der Waals surface area contributed by atoms with Gasteiger partial charge in [-0.3, -0.25) is 0 Å². The van der Waals surface area contributed by atoms with Crippen LogP contribution in [-0.4, -0.2) is 6.29 Å². The monoisotopic (exact) mass is 795 g/mol. The van der Waals surface area contributed by atoms with Gasteiger partial charge in [-0.1, -0.05) is 276 Å². The van der Waals surface area contributed by atoms with E-state index in [0.717, 1.165) is 48.7 Å². The van der Waals surface area contributed by atoms with Crippen LogP contribution in [0.5, 0.6) is 0 Å². The quantitative estimate of drug-likeness (QED) is 0.0341. The summed E-state index contributed by atoms with van der Waals surface area (Å²) in [4.78, 5) is 10.3. The average molecular weight is 795 g/mol.